The zero-order valence-corrected chi connectivity index (χ0v) is 16.9. The highest BCUT2D eigenvalue weighted by atomic mass is 16.5. The molecule has 0 heterocycles. The van der Waals surface area contributed by atoms with Gasteiger partial charge in [-0.1, -0.05) is 23.8 Å². The van der Waals surface area contributed by atoms with Gasteiger partial charge in [-0.15, -0.1) is 0 Å². The molecule has 0 fully saturated rings. The molecule has 0 spiro atoms. The van der Waals surface area contributed by atoms with Crippen LogP contribution in [0, 0.1) is 13.8 Å². The van der Waals surface area contributed by atoms with Crippen molar-refractivity contribution in [2.24, 2.45) is 0 Å². The molecular formula is C23H27NO3. The summed E-state index contributed by atoms with van der Waals surface area (Å²) in [6, 6.07) is 10.8. The third-order valence-electron chi connectivity index (χ3n) is 4.04. The van der Waals surface area contributed by atoms with E-state index in [2.05, 4.69) is 6.07 Å². The SMILES string of the molecule is Cc1cc(C)c(OC(C)C)c(C=CC(=O)c2ccc(C(=O)N(C)C)cc2)c1. The van der Waals surface area contributed by atoms with Crippen LogP contribution >= 0.6 is 0 Å². The standard InChI is InChI=1S/C23H27NO3/c1-15(2)27-22-17(4)13-16(3)14-20(22)11-12-21(25)18-7-9-19(10-8-18)23(26)24(5)6/h7-15H,1-6H3. The molecule has 0 aromatic heterocycles. The molecule has 0 radical (unpaired) electrons. The number of rotatable bonds is 6. The lowest BCUT2D eigenvalue weighted by Gasteiger charge is -2.16. The lowest BCUT2D eigenvalue weighted by Crippen LogP contribution is -2.21. The number of hydrogen-bond donors (Lipinski definition) is 0. The van der Waals surface area contributed by atoms with Crippen LogP contribution in [0.1, 0.15) is 51.3 Å². The van der Waals surface area contributed by atoms with Crippen molar-refractivity contribution in [3.8, 4) is 5.75 Å². The Balaban J connectivity index is 2.25. The van der Waals surface area contributed by atoms with Gasteiger partial charge in [0.2, 0.25) is 0 Å². The zero-order valence-electron chi connectivity index (χ0n) is 16.9. The number of nitrogens with zero attached hydrogens (tertiary/aromatic N) is 1. The number of carbonyl (C=O) groups is 2. The van der Waals surface area contributed by atoms with Crippen LogP contribution < -0.4 is 4.74 Å². The highest BCUT2D eigenvalue weighted by molar-refractivity contribution is 6.07. The predicted octanol–water partition coefficient (Wildman–Crippen LogP) is 4.69. The molecule has 4 nitrogen and oxygen atoms in total. The second-order valence-electron chi connectivity index (χ2n) is 7.14. The van der Waals surface area contributed by atoms with E-state index in [0.717, 1.165) is 22.4 Å². The fourth-order valence-corrected chi connectivity index (χ4v) is 2.80. The first kappa shape index (κ1) is 20.4. The molecule has 0 unspecified atom stereocenters. The Morgan fingerprint density at radius 1 is 1.00 bits per heavy atom. The average molecular weight is 365 g/mol. The largest absolute Gasteiger partial charge is 0.490 e. The summed E-state index contributed by atoms with van der Waals surface area (Å²) in [4.78, 5) is 26.0. The summed E-state index contributed by atoms with van der Waals surface area (Å²) in [7, 11) is 3.40. The molecule has 4 heteroatoms. The van der Waals surface area contributed by atoms with Crippen molar-refractivity contribution in [1.82, 2.24) is 4.90 Å². The predicted molar refractivity (Wildman–Crippen MR) is 110 cm³/mol. The Kier molecular flexibility index (Phi) is 6.56. The molecule has 0 aliphatic heterocycles. The van der Waals surface area contributed by atoms with Gasteiger partial charge in [-0.3, -0.25) is 9.59 Å². The third-order valence-corrected chi connectivity index (χ3v) is 4.04. The summed E-state index contributed by atoms with van der Waals surface area (Å²) in [6.07, 6.45) is 3.39. The van der Waals surface area contributed by atoms with Crippen molar-refractivity contribution in [3.63, 3.8) is 0 Å². The van der Waals surface area contributed by atoms with Crippen LogP contribution in [0.2, 0.25) is 0 Å². The summed E-state index contributed by atoms with van der Waals surface area (Å²) in [6.45, 7) is 7.99. The number of allylic oxidation sites excluding steroid dienone is 1. The van der Waals surface area contributed by atoms with E-state index in [1.807, 2.05) is 33.8 Å². The molecule has 0 atom stereocenters. The molecule has 2 rings (SSSR count). The minimum Gasteiger partial charge on any atom is -0.490 e. The van der Waals surface area contributed by atoms with Gasteiger partial charge in [-0.25, -0.2) is 0 Å². The van der Waals surface area contributed by atoms with Gasteiger partial charge in [0.05, 0.1) is 6.10 Å². The monoisotopic (exact) mass is 365 g/mol. The minimum absolute atomic E-state index is 0.0519. The van der Waals surface area contributed by atoms with Gasteiger partial charge in [0.15, 0.2) is 5.78 Å². The van der Waals surface area contributed by atoms with Crippen LogP contribution in [-0.4, -0.2) is 36.8 Å². The van der Waals surface area contributed by atoms with E-state index in [1.54, 1.807) is 50.5 Å². The van der Waals surface area contributed by atoms with E-state index in [-0.39, 0.29) is 17.8 Å². The maximum Gasteiger partial charge on any atom is 0.253 e. The number of benzene rings is 2. The van der Waals surface area contributed by atoms with Crippen molar-refractivity contribution < 1.29 is 14.3 Å². The Morgan fingerprint density at radius 2 is 1.59 bits per heavy atom. The molecule has 27 heavy (non-hydrogen) atoms. The average Bonchev–Trinajstić information content (AvgIpc) is 2.61. The normalized spacial score (nSPS) is 11.1. The molecule has 142 valence electrons. The van der Waals surface area contributed by atoms with E-state index in [0.29, 0.717) is 11.1 Å². The van der Waals surface area contributed by atoms with Gasteiger partial charge < -0.3 is 9.64 Å². The first-order valence-electron chi connectivity index (χ1n) is 9.01. The van der Waals surface area contributed by atoms with E-state index in [9.17, 15) is 9.59 Å². The van der Waals surface area contributed by atoms with Crippen LogP contribution in [0.15, 0.2) is 42.5 Å². The Labute approximate surface area is 161 Å². The molecule has 0 aliphatic carbocycles. The highest BCUT2D eigenvalue weighted by Crippen LogP contribution is 2.28. The van der Waals surface area contributed by atoms with Crippen LogP contribution in [0.25, 0.3) is 6.08 Å². The second-order valence-corrected chi connectivity index (χ2v) is 7.14. The summed E-state index contributed by atoms with van der Waals surface area (Å²) in [5.41, 5.74) is 4.14. The van der Waals surface area contributed by atoms with Crippen molar-refractivity contribution in [1.29, 1.82) is 0 Å². The van der Waals surface area contributed by atoms with Crippen LogP contribution in [0.4, 0.5) is 0 Å². The molecule has 0 saturated carbocycles. The number of ketones is 1. The van der Waals surface area contributed by atoms with Crippen LogP contribution in [0.5, 0.6) is 5.75 Å². The highest BCUT2D eigenvalue weighted by Gasteiger charge is 2.11. The van der Waals surface area contributed by atoms with Gasteiger partial charge in [0, 0.05) is 30.8 Å². The topological polar surface area (TPSA) is 46.6 Å². The maximum absolute atomic E-state index is 12.5. The smallest absolute Gasteiger partial charge is 0.253 e. The van der Waals surface area contributed by atoms with Crippen molar-refractivity contribution in [2.75, 3.05) is 14.1 Å². The Bertz CT molecular complexity index is 862. The Hall–Kier alpha value is -2.88. The lowest BCUT2D eigenvalue weighted by atomic mass is 10.0. The first-order valence-corrected chi connectivity index (χ1v) is 9.01. The van der Waals surface area contributed by atoms with E-state index in [4.69, 9.17) is 4.74 Å². The third kappa shape index (κ3) is 5.30. The van der Waals surface area contributed by atoms with Crippen molar-refractivity contribution >= 4 is 17.8 Å². The van der Waals surface area contributed by atoms with Gasteiger partial charge in [-0.05, 0) is 63.6 Å². The number of hydrogen-bond acceptors (Lipinski definition) is 3. The van der Waals surface area contributed by atoms with Crippen LogP contribution in [-0.2, 0) is 0 Å². The number of ether oxygens (including phenoxy) is 1. The molecule has 2 aromatic carbocycles. The Morgan fingerprint density at radius 3 is 2.15 bits per heavy atom. The second kappa shape index (κ2) is 8.67. The van der Waals surface area contributed by atoms with Gasteiger partial charge >= 0.3 is 0 Å². The maximum atomic E-state index is 12.5. The molecule has 0 bridgehead atoms. The summed E-state index contributed by atoms with van der Waals surface area (Å²) < 4.78 is 5.93. The quantitative estimate of drug-likeness (QED) is 0.551. The fraction of sp³-hybridized carbons (Fsp3) is 0.304. The summed E-state index contributed by atoms with van der Waals surface area (Å²) in [5, 5.41) is 0. The van der Waals surface area contributed by atoms with Gasteiger partial charge in [0.1, 0.15) is 5.75 Å². The zero-order chi connectivity index (χ0) is 20.1. The summed E-state index contributed by atoms with van der Waals surface area (Å²) in [5.74, 6) is 0.593. The number of amides is 1. The first-order chi connectivity index (χ1) is 12.7. The van der Waals surface area contributed by atoms with E-state index in [1.165, 1.54) is 4.90 Å². The van der Waals surface area contributed by atoms with Crippen LogP contribution in [0.3, 0.4) is 0 Å². The fourth-order valence-electron chi connectivity index (χ4n) is 2.80. The van der Waals surface area contributed by atoms with Gasteiger partial charge in [0.25, 0.3) is 5.91 Å². The molecule has 1 amide bonds. The van der Waals surface area contributed by atoms with Crippen molar-refractivity contribution in [3.05, 3.63) is 70.3 Å². The summed E-state index contributed by atoms with van der Waals surface area (Å²) >= 11 is 0. The van der Waals surface area contributed by atoms with Crippen molar-refractivity contribution in [2.45, 2.75) is 33.8 Å². The molecule has 0 saturated heterocycles. The molecule has 0 N–H and O–H groups in total. The molecule has 2 aromatic rings. The molecule has 0 aliphatic rings. The minimum atomic E-state index is -0.117. The van der Waals surface area contributed by atoms with Gasteiger partial charge in [-0.2, -0.15) is 0 Å². The lowest BCUT2D eigenvalue weighted by molar-refractivity contribution is 0.0827. The van der Waals surface area contributed by atoms with E-state index >= 15 is 0 Å². The molecular weight excluding hydrogens is 338 g/mol. The van der Waals surface area contributed by atoms with E-state index < -0.39 is 0 Å². The number of carbonyl (C=O) groups excluding carboxylic acids is 2. The number of aryl methyl sites for hydroxylation is 2.